The van der Waals surface area contributed by atoms with Crippen molar-refractivity contribution in [2.45, 2.75) is 25.6 Å². The van der Waals surface area contributed by atoms with Crippen LogP contribution in [-0.2, 0) is 16.1 Å². The Morgan fingerprint density at radius 1 is 1.50 bits per heavy atom. The molecule has 2 unspecified atom stereocenters. The molecule has 3 heterocycles. The number of ether oxygens (including phenoxy) is 1. The first-order chi connectivity index (χ1) is 12.7. The molecule has 1 aromatic carbocycles. The van der Waals surface area contributed by atoms with Gasteiger partial charge in [-0.25, -0.2) is 9.97 Å². The number of benzene rings is 1. The lowest BCUT2D eigenvalue weighted by atomic mass is 10.2. The molecule has 0 radical (unpaired) electrons. The minimum Gasteiger partial charge on any atom is -0.365 e. The number of carbonyl (C=O) groups excluding carboxylic acids is 1. The smallest absolute Gasteiger partial charge is 0.249 e. The van der Waals surface area contributed by atoms with Gasteiger partial charge in [0.15, 0.2) is 11.6 Å². The van der Waals surface area contributed by atoms with Gasteiger partial charge in [0.2, 0.25) is 11.2 Å². The van der Waals surface area contributed by atoms with Gasteiger partial charge in [-0.15, -0.1) is 5.11 Å². The predicted molar refractivity (Wildman–Crippen MR) is 92.0 cm³/mol. The maximum atomic E-state index is 12.2. The SMILES string of the molecule is Cc1nsc(N=NC(C#N)c2nc3ccccc3n2CC(=O)C2CO2)n1. The molecule has 130 valence electrons. The Balaban J connectivity index is 1.72. The van der Waals surface area contributed by atoms with Gasteiger partial charge in [0.05, 0.1) is 30.3 Å². The summed E-state index contributed by atoms with van der Waals surface area (Å²) in [6, 6.07) is 8.51. The number of fused-ring (bicyclic) bond motifs is 1. The second-order valence-electron chi connectivity index (χ2n) is 5.70. The van der Waals surface area contributed by atoms with Crippen LogP contribution in [0.2, 0.25) is 0 Å². The number of Topliss-reactive ketones (excluding diaryl/α,β-unsaturated/α-hetero) is 1. The molecular formula is C16H13N7O2S. The van der Waals surface area contributed by atoms with Crippen LogP contribution in [0.1, 0.15) is 17.7 Å². The summed E-state index contributed by atoms with van der Waals surface area (Å²) in [5.41, 5.74) is 1.45. The number of aromatic nitrogens is 4. The molecule has 1 saturated heterocycles. The number of epoxide rings is 1. The van der Waals surface area contributed by atoms with Crippen LogP contribution >= 0.6 is 11.5 Å². The molecule has 4 rings (SSSR count). The minimum absolute atomic E-state index is 0.0530. The highest BCUT2D eigenvalue weighted by molar-refractivity contribution is 7.09. The van der Waals surface area contributed by atoms with Crippen molar-refractivity contribution >= 4 is 33.5 Å². The van der Waals surface area contributed by atoms with Crippen molar-refractivity contribution in [1.82, 2.24) is 18.9 Å². The number of nitrogens with zero attached hydrogens (tertiary/aromatic N) is 7. The van der Waals surface area contributed by atoms with E-state index in [-0.39, 0.29) is 18.4 Å². The lowest BCUT2D eigenvalue weighted by Crippen LogP contribution is -2.18. The van der Waals surface area contributed by atoms with Gasteiger partial charge in [-0.05, 0) is 19.1 Å². The molecule has 0 bridgehead atoms. The summed E-state index contributed by atoms with van der Waals surface area (Å²) in [6.45, 7) is 2.27. The Hall–Kier alpha value is -3.03. The monoisotopic (exact) mass is 367 g/mol. The van der Waals surface area contributed by atoms with Gasteiger partial charge in [0, 0.05) is 11.5 Å². The summed E-state index contributed by atoms with van der Waals surface area (Å²) < 4.78 is 10.8. The van der Waals surface area contributed by atoms with Crippen LogP contribution in [0.3, 0.4) is 0 Å². The van der Waals surface area contributed by atoms with Crippen LogP contribution in [0.15, 0.2) is 34.5 Å². The fourth-order valence-electron chi connectivity index (χ4n) is 2.53. The molecular weight excluding hydrogens is 354 g/mol. The molecule has 2 atom stereocenters. The van der Waals surface area contributed by atoms with Gasteiger partial charge < -0.3 is 9.30 Å². The number of para-hydroxylation sites is 2. The molecule has 10 heteroatoms. The van der Waals surface area contributed by atoms with Crippen LogP contribution in [0.25, 0.3) is 11.0 Å². The third-order valence-electron chi connectivity index (χ3n) is 3.83. The fourth-order valence-corrected chi connectivity index (χ4v) is 3.04. The van der Waals surface area contributed by atoms with E-state index in [1.807, 2.05) is 24.3 Å². The molecule has 9 nitrogen and oxygen atoms in total. The number of rotatable bonds is 6. The summed E-state index contributed by atoms with van der Waals surface area (Å²) in [5.74, 6) is 0.912. The minimum atomic E-state index is -0.959. The lowest BCUT2D eigenvalue weighted by Gasteiger charge is -2.08. The molecule has 1 fully saturated rings. The molecule has 0 N–H and O–H groups in total. The second-order valence-corrected chi connectivity index (χ2v) is 6.43. The summed E-state index contributed by atoms with van der Waals surface area (Å²) in [6.07, 6.45) is -0.365. The number of hydrogen-bond acceptors (Lipinski definition) is 9. The normalized spacial score (nSPS) is 17.5. The molecule has 1 aliphatic rings. The maximum absolute atomic E-state index is 12.2. The largest absolute Gasteiger partial charge is 0.365 e. The Morgan fingerprint density at radius 3 is 3.00 bits per heavy atom. The average Bonchev–Trinajstić information content (AvgIpc) is 3.33. The number of nitriles is 1. The van der Waals surface area contributed by atoms with E-state index in [4.69, 9.17) is 4.74 Å². The fraction of sp³-hybridized carbons (Fsp3) is 0.312. The Labute approximate surface area is 152 Å². The van der Waals surface area contributed by atoms with E-state index in [0.29, 0.717) is 28.9 Å². The first-order valence-corrected chi connectivity index (χ1v) is 8.63. The maximum Gasteiger partial charge on any atom is 0.249 e. The van der Waals surface area contributed by atoms with Gasteiger partial charge in [-0.1, -0.05) is 12.1 Å². The quantitative estimate of drug-likeness (QED) is 0.487. The molecule has 0 amide bonds. The van der Waals surface area contributed by atoms with Crippen molar-refractivity contribution in [1.29, 1.82) is 5.26 Å². The van der Waals surface area contributed by atoms with Crippen LogP contribution in [0.4, 0.5) is 5.13 Å². The van der Waals surface area contributed by atoms with E-state index < -0.39 is 6.04 Å². The van der Waals surface area contributed by atoms with Crippen molar-refractivity contribution in [3.05, 3.63) is 35.9 Å². The van der Waals surface area contributed by atoms with Crippen molar-refractivity contribution in [3.63, 3.8) is 0 Å². The Bertz CT molecular complexity index is 1040. The zero-order valence-corrected chi connectivity index (χ0v) is 14.6. The molecule has 0 saturated carbocycles. The summed E-state index contributed by atoms with van der Waals surface area (Å²) in [7, 11) is 0. The van der Waals surface area contributed by atoms with Gasteiger partial charge in [-0.2, -0.15) is 14.7 Å². The molecule has 1 aliphatic heterocycles. The third kappa shape index (κ3) is 3.22. The molecule has 0 spiro atoms. The van der Waals surface area contributed by atoms with E-state index >= 15 is 0 Å². The summed E-state index contributed by atoms with van der Waals surface area (Å²) in [5, 5.41) is 18.0. The van der Waals surface area contributed by atoms with Crippen LogP contribution in [0.5, 0.6) is 0 Å². The van der Waals surface area contributed by atoms with E-state index in [1.165, 1.54) is 0 Å². The highest BCUT2D eigenvalue weighted by atomic mass is 32.1. The number of aryl methyl sites for hydroxylation is 1. The van der Waals surface area contributed by atoms with Gasteiger partial charge in [0.1, 0.15) is 11.9 Å². The van der Waals surface area contributed by atoms with Gasteiger partial charge in [0.25, 0.3) is 0 Å². The third-order valence-corrected chi connectivity index (χ3v) is 4.52. The first-order valence-electron chi connectivity index (χ1n) is 7.86. The van der Waals surface area contributed by atoms with E-state index in [2.05, 4.69) is 30.6 Å². The molecule has 26 heavy (non-hydrogen) atoms. The highest BCUT2D eigenvalue weighted by Crippen LogP contribution is 2.26. The number of imidazole rings is 1. The van der Waals surface area contributed by atoms with Crippen molar-refractivity contribution < 1.29 is 9.53 Å². The standard InChI is InChI=1S/C16H13N7O2S/c1-9-18-16(26-22-9)21-20-11(6-17)15-19-10-4-2-3-5-12(10)23(15)7-13(24)14-8-25-14/h2-5,11,14H,7-8H2,1H3. The summed E-state index contributed by atoms with van der Waals surface area (Å²) >= 11 is 1.10. The molecule has 2 aromatic heterocycles. The molecule has 0 aliphatic carbocycles. The van der Waals surface area contributed by atoms with Gasteiger partial charge >= 0.3 is 0 Å². The zero-order chi connectivity index (χ0) is 18.1. The Kier molecular flexibility index (Phi) is 4.24. The number of ketones is 1. The topological polar surface area (TPSA) is 122 Å². The van der Waals surface area contributed by atoms with Crippen molar-refractivity contribution in [3.8, 4) is 6.07 Å². The number of carbonyl (C=O) groups is 1. The zero-order valence-electron chi connectivity index (χ0n) is 13.7. The van der Waals surface area contributed by atoms with Crippen molar-refractivity contribution in [2.75, 3.05) is 6.61 Å². The first kappa shape index (κ1) is 16.4. The van der Waals surface area contributed by atoms with Crippen LogP contribution in [-0.4, -0.2) is 37.4 Å². The Morgan fingerprint density at radius 2 is 2.31 bits per heavy atom. The second kappa shape index (κ2) is 6.70. The van der Waals surface area contributed by atoms with E-state index in [9.17, 15) is 10.1 Å². The highest BCUT2D eigenvalue weighted by Gasteiger charge is 2.32. The summed E-state index contributed by atoms with van der Waals surface area (Å²) in [4.78, 5) is 20.8. The average molecular weight is 367 g/mol. The van der Waals surface area contributed by atoms with Gasteiger partial charge in [-0.3, -0.25) is 4.79 Å². The number of hydrogen-bond donors (Lipinski definition) is 0. The number of azo groups is 1. The van der Waals surface area contributed by atoms with E-state index in [1.54, 1.807) is 11.5 Å². The predicted octanol–water partition coefficient (Wildman–Crippen LogP) is 2.51. The lowest BCUT2D eigenvalue weighted by molar-refractivity contribution is -0.120. The van der Waals surface area contributed by atoms with Crippen LogP contribution in [0, 0.1) is 18.3 Å². The van der Waals surface area contributed by atoms with E-state index in [0.717, 1.165) is 17.0 Å². The molecule has 3 aromatic rings. The van der Waals surface area contributed by atoms with Crippen LogP contribution < -0.4 is 0 Å². The van der Waals surface area contributed by atoms with Crippen molar-refractivity contribution in [2.24, 2.45) is 10.2 Å².